The van der Waals surface area contributed by atoms with E-state index in [-0.39, 0.29) is 29.3 Å². The van der Waals surface area contributed by atoms with Gasteiger partial charge >= 0.3 is 0 Å². The molecule has 0 amide bonds. The van der Waals surface area contributed by atoms with E-state index in [2.05, 4.69) is 0 Å². The predicted octanol–water partition coefficient (Wildman–Crippen LogP) is 7.01. The van der Waals surface area contributed by atoms with E-state index in [9.17, 15) is 9.59 Å². The van der Waals surface area contributed by atoms with Crippen LogP contribution in [0.25, 0.3) is 33.4 Å². The highest BCUT2D eigenvalue weighted by molar-refractivity contribution is 5.98. The lowest BCUT2D eigenvalue weighted by Gasteiger charge is -2.13. The second-order valence-electron chi connectivity index (χ2n) is 8.93. The van der Waals surface area contributed by atoms with Crippen molar-refractivity contribution >= 4 is 16.8 Å². The Morgan fingerprint density at radius 3 is 2.14 bits per heavy atom. The van der Waals surface area contributed by atoms with E-state index in [0.717, 1.165) is 22.3 Å². The minimum absolute atomic E-state index is 0.0128. The second kappa shape index (κ2) is 10.2. The maximum absolute atomic E-state index is 13.6. The molecule has 0 saturated carbocycles. The zero-order chi connectivity index (χ0) is 25.9. The number of benzene rings is 4. The molecule has 0 atom stereocenters. The van der Waals surface area contributed by atoms with Gasteiger partial charge in [-0.05, 0) is 66.4 Å². The highest BCUT2D eigenvalue weighted by atomic mass is 16.5. The summed E-state index contributed by atoms with van der Waals surface area (Å²) < 4.78 is 17.4. The maximum atomic E-state index is 13.6. The molecule has 1 aromatic heterocycles. The lowest BCUT2D eigenvalue weighted by molar-refractivity contribution is 0.0920. The molecule has 0 N–H and O–H groups in total. The molecular weight excluding hydrogens is 464 g/mol. The van der Waals surface area contributed by atoms with Crippen molar-refractivity contribution in [3.63, 3.8) is 0 Å². The van der Waals surface area contributed by atoms with Crippen LogP contribution in [0.4, 0.5) is 0 Å². The number of Topliss-reactive ketones (excluding diaryl/α,β-unsaturated/α-hetero) is 1. The molecule has 0 spiro atoms. The Morgan fingerprint density at radius 1 is 0.811 bits per heavy atom. The van der Waals surface area contributed by atoms with Crippen molar-refractivity contribution < 1.29 is 18.7 Å². The van der Waals surface area contributed by atoms with Gasteiger partial charge in [-0.25, -0.2) is 0 Å². The van der Waals surface area contributed by atoms with Gasteiger partial charge in [-0.1, -0.05) is 60.7 Å². The fourth-order valence-corrected chi connectivity index (χ4v) is 4.44. The van der Waals surface area contributed by atoms with Gasteiger partial charge in [-0.2, -0.15) is 0 Å². The average molecular weight is 491 g/mol. The van der Waals surface area contributed by atoms with Gasteiger partial charge in [0.25, 0.3) is 0 Å². The van der Waals surface area contributed by atoms with Crippen molar-refractivity contribution in [2.45, 2.75) is 13.8 Å². The highest BCUT2D eigenvalue weighted by Crippen LogP contribution is 2.33. The Bertz CT molecular complexity index is 1630. The first-order valence-corrected chi connectivity index (χ1v) is 12.0. The average Bonchev–Trinajstić information content (AvgIpc) is 2.92. The highest BCUT2D eigenvalue weighted by Gasteiger charge is 2.21. The van der Waals surface area contributed by atoms with Crippen molar-refractivity contribution in [1.29, 1.82) is 0 Å². The number of carbonyl (C=O) groups excluding carboxylic acids is 1. The van der Waals surface area contributed by atoms with Crippen molar-refractivity contribution in [2.75, 3.05) is 13.7 Å². The van der Waals surface area contributed by atoms with E-state index in [1.165, 1.54) is 0 Å². The summed E-state index contributed by atoms with van der Waals surface area (Å²) in [5, 5.41) is 0.442. The maximum Gasteiger partial charge on any atom is 0.235 e. The molecule has 0 unspecified atom stereocenters. The number of carbonyl (C=O) groups is 1. The zero-order valence-electron chi connectivity index (χ0n) is 20.9. The van der Waals surface area contributed by atoms with E-state index >= 15 is 0 Å². The van der Waals surface area contributed by atoms with Crippen LogP contribution in [0.2, 0.25) is 0 Å². The van der Waals surface area contributed by atoms with E-state index < -0.39 is 0 Å². The largest absolute Gasteiger partial charge is 0.497 e. The number of ether oxygens (including phenoxy) is 2. The molecule has 37 heavy (non-hydrogen) atoms. The Kier molecular flexibility index (Phi) is 6.60. The number of hydrogen-bond acceptors (Lipinski definition) is 5. The topological polar surface area (TPSA) is 65.7 Å². The van der Waals surface area contributed by atoms with Gasteiger partial charge in [0.1, 0.15) is 11.3 Å². The summed E-state index contributed by atoms with van der Waals surface area (Å²) in [5.41, 5.74) is 5.17. The van der Waals surface area contributed by atoms with Crippen molar-refractivity contribution in [2.24, 2.45) is 0 Å². The Morgan fingerprint density at radius 2 is 1.46 bits per heavy atom. The first-order valence-electron chi connectivity index (χ1n) is 12.0. The number of aryl methyl sites for hydroxylation is 2. The molecule has 0 aliphatic heterocycles. The third kappa shape index (κ3) is 4.89. The number of rotatable bonds is 7. The van der Waals surface area contributed by atoms with Gasteiger partial charge in [0.05, 0.1) is 12.5 Å². The van der Waals surface area contributed by atoms with Crippen molar-refractivity contribution in [1.82, 2.24) is 0 Å². The zero-order valence-corrected chi connectivity index (χ0v) is 20.9. The monoisotopic (exact) mass is 490 g/mol. The molecule has 0 fully saturated rings. The molecule has 0 bridgehead atoms. The smallest absolute Gasteiger partial charge is 0.235 e. The minimum Gasteiger partial charge on any atom is -0.497 e. The standard InChI is InChI=1S/C32H26O5/c1-20-17-21(2)29-28(18-20)37-31(25-13-15-26(35-3)16-14-25)32(30(29)34)36-19-27(33)24-11-9-23(10-12-24)22-7-5-4-6-8-22/h4-18H,19H2,1-3H3. The predicted molar refractivity (Wildman–Crippen MR) is 146 cm³/mol. The Balaban J connectivity index is 1.49. The van der Waals surface area contributed by atoms with Gasteiger partial charge in [0.15, 0.2) is 18.2 Å². The Hall–Kier alpha value is -4.64. The van der Waals surface area contributed by atoms with Crippen LogP contribution >= 0.6 is 0 Å². The molecule has 5 nitrogen and oxygen atoms in total. The van der Waals surface area contributed by atoms with E-state index in [1.807, 2.05) is 68.4 Å². The fourth-order valence-electron chi connectivity index (χ4n) is 4.44. The molecule has 5 heteroatoms. The molecule has 0 aliphatic carbocycles. The van der Waals surface area contributed by atoms with Crippen LogP contribution in [0.15, 0.2) is 100 Å². The SMILES string of the molecule is COc1ccc(-c2oc3cc(C)cc(C)c3c(=O)c2OCC(=O)c2ccc(-c3ccccc3)cc2)cc1. The summed E-state index contributed by atoms with van der Waals surface area (Å²) in [4.78, 5) is 26.6. The quantitative estimate of drug-likeness (QED) is 0.230. The number of fused-ring (bicyclic) bond motifs is 1. The minimum atomic E-state index is -0.309. The molecule has 5 aromatic rings. The van der Waals surface area contributed by atoms with E-state index in [0.29, 0.717) is 27.8 Å². The summed E-state index contributed by atoms with van der Waals surface area (Å²) in [6, 6.07) is 28.2. The summed E-state index contributed by atoms with van der Waals surface area (Å²) in [7, 11) is 1.59. The molecule has 4 aromatic carbocycles. The molecule has 0 radical (unpaired) electrons. The summed E-state index contributed by atoms with van der Waals surface area (Å²) in [6.45, 7) is 3.52. The third-order valence-electron chi connectivity index (χ3n) is 6.31. The van der Waals surface area contributed by atoms with Gasteiger partial charge in [0.2, 0.25) is 11.2 Å². The first-order chi connectivity index (χ1) is 17.9. The van der Waals surface area contributed by atoms with Crippen LogP contribution in [0, 0.1) is 13.8 Å². The molecule has 0 aliphatic rings. The fraction of sp³-hybridized carbons (Fsp3) is 0.125. The molecule has 5 rings (SSSR count). The van der Waals surface area contributed by atoms with Gasteiger partial charge < -0.3 is 13.9 Å². The van der Waals surface area contributed by atoms with Crippen LogP contribution in [0.5, 0.6) is 11.5 Å². The van der Waals surface area contributed by atoms with Crippen LogP contribution < -0.4 is 14.9 Å². The van der Waals surface area contributed by atoms with Gasteiger partial charge in [0, 0.05) is 11.1 Å². The van der Waals surface area contributed by atoms with E-state index in [4.69, 9.17) is 13.9 Å². The summed E-state index contributed by atoms with van der Waals surface area (Å²) in [6.07, 6.45) is 0. The van der Waals surface area contributed by atoms with Crippen LogP contribution in [-0.4, -0.2) is 19.5 Å². The van der Waals surface area contributed by atoms with Crippen LogP contribution in [0.3, 0.4) is 0 Å². The van der Waals surface area contributed by atoms with Crippen molar-refractivity contribution in [3.8, 4) is 33.9 Å². The number of ketones is 1. The lowest BCUT2D eigenvalue weighted by Crippen LogP contribution is -2.17. The molecular formula is C32H26O5. The van der Waals surface area contributed by atoms with Crippen molar-refractivity contribution in [3.05, 3.63) is 118 Å². The molecule has 0 saturated heterocycles. The van der Waals surface area contributed by atoms with Gasteiger partial charge in [-0.15, -0.1) is 0 Å². The lowest BCUT2D eigenvalue weighted by atomic mass is 10.0. The third-order valence-corrected chi connectivity index (χ3v) is 6.31. The summed E-state index contributed by atoms with van der Waals surface area (Å²) >= 11 is 0. The number of hydrogen-bond donors (Lipinski definition) is 0. The Labute approximate surface area is 214 Å². The second-order valence-corrected chi connectivity index (χ2v) is 8.93. The van der Waals surface area contributed by atoms with E-state index in [1.54, 1.807) is 43.5 Å². The molecule has 1 heterocycles. The normalized spacial score (nSPS) is 10.9. The van der Waals surface area contributed by atoms with Gasteiger partial charge in [-0.3, -0.25) is 9.59 Å². The number of methoxy groups -OCH3 is 1. The molecule has 184 valence electrons. The van der Waals surface area contributed by atoms with Crippen LogP contribution in [-0.2, 0) is 0 Å². The van der Waals surface area contributed by atoms with Crippen LogP contribution in [0.1, 0.15) is 21.5 Å². The summed E-state index contributed by atoms with van der Waals surface area (Å²) in [5.74, 6) is 0.729. The first kappa shape index (κ1) is 24.1.